The Hall–Kier alpha value is -2.47. The number of aliphatic carboxylic acids is 1. The number of alkyl carbamates (subject to hydrolysis) is 1. The molecular formula is C22H38N2O11. The van der Waals surface area contributed by atoms with Crippen molar-refractivity contribution in [1.29, 1.82) is 0 Å². The van der Waals surface area contributed by atoms with Crippen LogP contribution in [0.25, 0.3) is 0 Å². The first-order chi connectivity index (χ1) is 17.1. The summed E-state index contributed by atoms with van der Waals surface area (Å²) in [5, 5.41) is 13.7. The first-order valence-electron chi connectivity index (χ1n) is 11.3. The fraction of sp³-hybridized carbons (Fsp3) is 0.773. The third kappa shape index (κ3) is 27.7. The zero-order chi connectivity index (χ0) is 25.8. The van der Waals surface area contributed by atoms with Crippen LogP contribution in [0, 0.1) is 12.3 Å². The van der Waals surface area contributed by atoms with E-state index in [1.807, 2.05) is 0 Å². The molecule has 0 aromatic rings. The molecule has 0 rings (SSSR count). The van der Waals surface area contributed by atoms with Crippen LogP contribution in [0.5, 0.6) is 0 Å². The average molecular weight is 507 g/mol. The summed E-state index contributed by atoms with van der Waals surface area (Å²) in [6.45, 7) is 4.76. The molecule has 0 aliphatic carbocycles. The van der Waals surface area contributed by atoms with E-state index in [1.165, 1.54) is 0 Å². The largest absolute Gasteiger partial charge is 0.481 e. The predicted octanol–water partition coefficient (Wildman–Crippen LogP) is -0.574. The fourth-order valence-corrected chi connectivity index (χ4v) is 2.14. The Labute approximate surface area is 206 Å². The highest BCUT2D eigenvalue weighted by Gasteiger charge is 2.02. The van der Waals surface area contributed by atoms with E-state index >= 15 is 0 Å². The zero-order valence-corrected chi connectivity index (χ0v) is 20.1. The van der Waals surface area contributed by atoms with Gasteiger partial charge in [0, 0.05) is 19.5 Å². The van der Waals surface area contributed by atoms with Crippen LogP contribution in [0.4, 0.5) is 4.79 Å². The summed E-state index contributed by atoms with van der Waals surface area (Å²) >= 11 is 0. The monoisotopic (exact) mass is 506 g/mol. The van der Waals surface area contributed by atoms with Crippen LogP contribution < -0.4 is 10.6 Å². The van der Waals surface area contributed by atoms with Crippen LogP contribution >= 0.6 is 0 Å². The van der Waals surface area contributed by atoms with Gasteiger partial charge in [0.25, 0.3) is 0 Å². The molecule has 35 heavy (non-hydrogen) atoms. The molecule has 3 N–H and O–H groups in total. The summed E-state index contributed by atoms with van der Waals surface area (Å²) in [7, 11) is 0. The van der Waals surface area contributed by atoms with Gasteiger partial charge in [0.1, 0.15) is 0 Å². The second kappa shape index (κ2) is 26.1. The molecule has 0 aromatic heterocycles. The lowest BCUT2D eigenvalue weighted by atomic mass is 10.4. The summed E-state index contributed by atoms with van der Waals surface area (Å²) < 4.78 is 36.3. The van der Waals surface area contributed by atoms with E-state index in [2.05, 4.69) is 21.3 Å². The molecule has 13 heteroatoms. The van der Waals surface area contributed by atoms with Crippen LogP contribution in [0.15, 0.2) is 0 Å². The van der Waals surface area contributed by atoms with Gasteiger partial charge in [-0.2, -0.15) is 0 Å². The highest BCUT2D eigenvalue weighted by Crippen LogP contribution is 1.87. The number of hydrogen-bond acceptors (Lipinski definition) is 10. The van der Waals surface area contributed by atoms with Crippen molar-refractivity contribution in [1.82, 2.24) is 10.6 Å². The van der Waals surface area contributed by atoms with Gasteiger partial charge < -0.3 is 48.9 Å². The zero-order valence-electron chi connectivity index (χ0n) is 20.1. The lowest BCUT2D eigenvalue weighted by molar-refractivity contribution is -0.138. The Morgan fingerprint density at radius 3 is 1.54 bits per heavy atom. The lowest BCUT2D eigenvalue weighted by Gasteiger charge is -2.09. The second-order valence-corrected chi connectivity index (χ2v) is 6.62. The summed E-state index contributed by atoms with van der Waals surface area (Å²) in [4.78, 5) is 33.1. The molecule has 0 saturated carbocycles. The topological polar surface area (TPSA) is 160 Å². The molecule has 202 valence electrons. The van der Waals surface area contributed by atoms with Crippen LogP contribution in [-0.4, -0.2) is 122 Å². The van der Waals surface area contributed by atoms with E-state index in [4.69, 9.17) is 40.0 Å². The quantitative estimate of drug-likeness (QED) is 0.107. The predicted molar refractivity (Wildman–Crippen MR) is 123 cm³/mol. The van der Waals surface area contributed by atoms with Crippen LogP contribution in [0.2, 0.25) is 0 Å². The first-order valence-corrected chi connectivity index (χ1v) is 11.3. The highest BCUT2D eigenvalue weighted by atomic mass is 16.6. The number of rotatable bonds is 25. The summed E-state index contributed by atoms with van der Waals surface area (Å²) in [6, 6.07) is 0. The molecule has 0 fully saturated rings. The second-order valence-electron chi connectivity index (χ2n) is 6.62. The molecule has 0 aliphatic rings. The number of nitrogens with one attached hydrogen (secondary N) is 2. The van der Waals surface area contributed by atoms with E-state index < -0.39 is 12.1 Å². The minimum Gasteiger partial charge on any atom is -0.481 e. The molecular weight excluding hydrogens is 468 g/mol. The minimum absolute atomic E-state index is 0.0248. The Kier molecular flexibility index (Phi) is 24.3. The number of ether oxygens (including phenoxy) is 7. The number of terminal acetylenes is 1. The Bertz CT molecular complexity index is 584. The number of carboxylic acids is 1. The molecule has 0 spiro atoms. The average Bonchev–Trinajstić information content (AvgIpc) is 2.83. The van der Waals surface area contributed by atoms with E-state index in [0.29, 0.717) is 79.2 Å². The van der Waals surface area contributed by atoms with E-state index in [-0.39, 0.29) is 38.6 Å². The normalized spacial score (nSPS) is 10.5. The summed E-state index contributed by atoms with van der Waals surface area (Å²) in [5.41, 5.74) is 0. The number of hydrogen-bond donors (Lipinski definition) is 3. The fourth-order valence-electron chi connectivity index (χ4n) is 2.14. The molecule has 0 saturated heterocycles. The van der Waals surface area contributed by atoms with Crippen LogP contribution in [-0.2, 0) is 42.7 Å². The van der Waals surface area contributed by atoms with Crippen molar-refractivity contribution < 1.29 is 52.6 Å². The van der Waals surface area contributed by atoms with E-state index in [1.54, 1.807) is 0 Å². The van der Waals surface area contributed by atoms with Crippen molar-refractivity contribution >= 4 is 18.0 Å². The van der Waals surface area contributed by atoms with Gasteiger partial charge in [-0.25, -0.2) is 4.79 Å². The van der Waals surface area contributed by atoms with Crippen molar-refractivity contribution in [3.05, 3.63) is 0 Å². The van der Waals surface area contributed by atoms with Crippen molar-refractivity contribution in [3.63, 3.8) is 0 Å². The van der Waals surface area contributed by atoms with Gasteiger partial charge >= 0.3 is 12.1 Å². The van der Waals surface area contributed by atoms with Gasteiger partial charge in [0.15, 0.2) is 6.61 Å². The summed E-state index contributed by atoms with van der Waals surface area (Å²) in [5.74, 6) is 1.17. The highest BCUT2D eigenvalue weighted by molar-refractivity contribution is 5.75. The molecule has 0 heterocycles. The molecule has 2 amide bonds. The Balaban J connectivity index is 3.22. The first kappa shape index (κ1) is 32.5. The van der Waals surface area contributed by atoms with Crippen LogP contribution in [0.1, 0.15) is 12.8 Å². The maximum atomic E-state index is 11.7. The molecule has 0 atom stereocenters. The van der Waals surface area contributed by atoms with Gasteiger partial charge in [-0.15, -0.1) is 6.42 Å². The minimum atomic E-state index is -0.895. The number of carbonyl (C=O) groups is 3. The molecule has 0 bridgehead atoms. The number of carbonyl (C=O) groups excluding carboxylic acids is 2. The standard InChI is InChI=1S/C22H38N2O11/c1-2-7-35-22(28)24-6-11-32-15-19-33-16-12-29-8-3-20(25)23-5-10-31-14-18-34-17-13-30-9-4-21(26)27/h1H,3-19H2,(H,23,25)(H,24,28)(H,26,27). The number of carboxylic acid groups (broad SMARTS) is 1. The van der Waals surface area contributed by atoms with Gasteiger partial charge in [0.05, 0.1) is 85.7 Å². The molecule has 13 nitrogen and oxygen atoms in total. The van der Waals surface area contributed by atoms with Gasteiger partial charge in [-0.1, -0.05) is 5.92 Å². The van der Waals surface area contributed by atoms with E-state index in [0.717, 1.165) is 0 Å². The molecule has 0 unspecified atom stereocenters. The van der Waals surface area contributed by atoms with Crippen molar-refractivity contribution in [3.8, 4) is 12.3 Å². The smallest absolute Gasteiger partial charge is 0.408 e. The van der Waals surface area contributed by atoms with Crippen LogP contribution in [0.3, 0.4) is 0 Å². The number of amides is 2. The van der Waals surface area contributed by atoms with Gasteiger partial charge in [0.2, 0.25) is 5.91 Å². The third-order valence-corrected chi connectivity index (χ3v) is 3.79. The lowest BCUT2D eigenvalue weighted by Crippen LogP contribution is -2.28. The SMILES string of the molecule is C#CCOC(=O)NCCOCCOCCOCCC(=O)NCCOCCOCCOCCC(=O)O. The molecule has 0 aromatic carbocycles. The van der Waals surface area contributed by atoms with Crippen molar-refractivity contribution in [2.24, 2.45) is 0 Å². The third-order valence-electron chi connectivity index (χ3n) is 3.79. The molecule has 0 radical (unpaired) electrons. The van der Waals surface area contributed by atoms with Crippen molar-refractivity contribution in [2.75, 3.05) is 99.0 Å². The summed E-state index contributed by atoms with van der Waals surface area (Å²) in [6.07, 6.45) is 4.60. The van der Waals surface area contributed by atoms with E-state index in [9.17, 15) is 14.4 Å². The molecule has 0 aliphatic heterocycles. The van der Waals surface area contributed by atoms with Crippen molar-refractivity contribution in [2.45, 2.75) is 12.8 Å². The maximum absolute atomic E-state index is 11.7. The van der Waals surface area contributed by atoms with Gasteiger partial charge in [-0.05, 0) is 0 Å². The Morgan fingerprint density at radius 1 is 0.629 bits per heavy atom. The van der Waals surface area contributed by atoms with Gasteiger partial charge in [-0.3, -0.25) is 9.59 Å². The Morgan fingerprint density at radius 2 is 1.06 bits per heavy atom. The maximum Gasteiger partial charge on any atom is 0.408 e.